The Balaban J connectivity index is 1.68. The molecule has 0 aliphatic carbocycles. The number of rotatable bonds is 7. The number of benzene rings is 1. The molecule has 130 valence electrons. The zero-order valence-corrected chi connectivity index (χ0v) is 14.9. The maximum absolute atomic E-state index is 5.37. The molecule has 5 heteroatoms. The summed E-state index contributed by atoms with van der Waals surface area (Å²) in [5.41, 5.74) is 3.48. The van der Waals surface area contributed by atoms with Gasteiger partial charge in [-0.05, 0) is 35.6 Å². The predicted octanol–water partition coefficient (Wildman–Crippen LogP) is 4.18. The van der Waals surface area contributed by atoms with Crippen LogP contribution >= 0.6 is 0 Å². The van der Waals surface area contributed by atoms with Gasteiger partial charge < -0.3 is 9.84 Å². The van der Waals surface area contributed by atoms with Gasteiger partial charge in [0.05, 0.1) is 6.54 Å². The Morgan fingerprint density at radius 3 is 2.56 bits per heavy atom. The second-order valence-corrected chi connectivity index (χ2v) is 6.45. The Bertz CT molecular complexity index is 781. The van der Waals surface area contributed by atoms with E-state index in [1.807, 2.05) is 12.1 Å². The summed E-state index contributed by atoms with van der Waals surface area (Å²) in [6.45, 7) is 7.12. The van der Waals surface area contributed by atoms with Gasteiger partial charge in [0.15, 0.2) is 0 Å². The second-order valence-electron chi connectivity index (χ2n) is 6.45. The van der Waals surface area contributed by atoms with Gasteiger partial charge in [0, 0.05) is 24.0 Å². The Morgan fingerprint density at radius 1 is 1.12 bits per heavy atom. The van der Waals surface area contributed by atoms with E-state index in [9.17, 15) is 0 Å². The van der Waals surface area contributed by atoms with Crippen molar-refractivity contribution in [3.8, 4) is 11.4 Å². The van der Waals surface area contributed by atoms with E-state index in [1.165, 1.54) is 11.1 Å². The van der Waals surface area contributed by atoms with Crippen molar-refractivity contribution in [2.24, 2.45) is 5.92 Å². The van der Waals surface area contributed by atoms with Crippen LogP contribution in [0.4, 0.5) is 0 Å². The zero-order chi connectivity index (χ0) is 17.6. The zero-order valence-electron chi connectivity index (χ0n) is 14.9. The van der Waals surface area contributed by atoms with Gasteiger partial charge in [0.1, 0.15) is 0 Å². The van der Waals surface area contributed by atoms with Crippen LogP contribution in [0.1, 0.15) is 43.8 Å². The molecule has 0 aliphatic rings. The van der Waals surface area contributed by atoms with Gasteiger partial charge in [0.2, 0.25) is 11.7 Å². The van der Waals surface area contributed by atoms with E-state index >= 15 is 0 Å². The highest BCUT2D eigenvalue weighted by molar-refractivity contribution is 5.51. The molecule has 1 N–H and O–H groups in total. The highest BCUT2D eigenvalue weighted by atomic mass is 16.5. The van der Waals surface area contributed by atoms with Gasteiger partial charge >= 0.3 is 0 Å². The van der Waals surface area contributed by atoms with Crippen LogP contribution < -0.4 is 5.32 Å². The third-order valence-corrected chi connectivity index (χ3v) is 4.27. The number of aryl methyl sites for hydroxylation is 1. The summed E-state index contributed by atoms with van der Waals surface area (Å²) in [5, 5.41) is 7.58. The number of hydrogen-bond acceptors (Lipinski definition) is 5. The first kappa shape index (κ1) is 17.3. The average Bonchev–Trinajstić information content (AvgIpc) is 3.12. The fraction of sp³-hybridized carbons (Fsp3) is 0.350. The van der Waals surface area contributed by atoms with Crippen molar-refractivity contribution in [1.82, 2.24) is 20.4 Å². The molecule has 1 atom stereocenters. The van der Waals surface area contributed by atoms with Crippen molar-refractivity contribution < 1.29 is 4.52 Å². The highest BCUT2D eigenvalue weighted by Crippen LogP contribution is 2.23. The molecular formula is C20H24N4O. The minimum atomic E-state index is 0.236. The van der Waals surface area contributed by atoms with Gasteiger partial charge in [0.25, 0.3) is 0 Å². The summed E-state index contributed by atoms with van der Waals surface area (Å²) in [5.74, 6) is 1.60. The summed E-state index contributed by atoms with van der Waals surface area (Å²) in [7, 11) is 0. The van der Waals surface area contributed by atoms with Gasteiger partial charge in [-0.1, -0.05) is 50.2 Å². The third-order valence-electron chi connectivity index (χ3n) is 4.27. The summed E-state index contributed by atoms with van der Waals surface area (Å²) in [6, 6.07) is 12.8. The SMILES string of the molecule is CCc1ccc(C(NCc2nc(-c3cccnc3)no2)C(C)C)cc1. The van der Waals surface area contributed by atoms with Crippen molar-refractivity contribution in [3.63, 3.8) is 0 Å². The summed E-state index contributed by atoms with van der Waals surface area (Å²) < 4.78 is 5.37. The molecule has 0 saturated carbocycles. The summed E-state index contributed by atoms with van der Waals surface area (Å²) >= 11 is 0. The van der Waals surface area contributed by atoms with Gasteiger partial charge in [-0.15, -0.1) is 0 Å². The smallest absolute Gasteiger partial charge is 0.240 e. The molecule has 1 aromatic carbocycles. The molecule has 0 fully saturated rings. The first-order valence-corrected chi connectivity index (χ1v) is 8.72. The lowest BCUT2D eigenvalue weighted by Crippen LogP contribution is -2.25. The van der Waals surface area contributed by atoms with E-state index in [1.54, 1.807) is 12.4 Å². The molecule has 25 heavy (non-hydrogen) atoms. The van der Waals surface area contributed by atoms with Crippen LogP contribution in [0.5, 0.6) is 0 Å². The van der Waals surface area contributed by atoms with Gasteiger partial charge in [-0.3, -0.25) is 4.98 Å². The average molecular weight is 336 g/mol. The number of pyridine rings is 1. The van der Waals surface area contributed by atoms with E-state index in [0.717, 1.165) is 12.0 Å². The minimum absolute atomic E-state index is 0.236. The fourth-order valence-electron chi connectivity index (χ4n) is 2.84. The minimum Gasteiger partial charge on any atom is -0.338 e. The van der Waals surface area contributed by atoms with Crippen molar-refractivity contribution >= 4 is 0 Å². The Hall–Kier alpha value is -2.53. The first-order valence-electron chi connectivity index (χ1n) is 8.72. The maximum Gasteiger partial charge on any atom is 0.240 e. The molecule has 1 unspecified atom stereocenters. The molecule has 5 nitrogen and oxygen atoms in total. The van der Waals surface area contributed by atoms with E-state index in [2.05, 4.69) is 65.5 Å². The van der Waals surface area contributed by atoms with E-state index in [4.69, 9.17) is 4.52 Å². The molecule has 0 amide bonds. The van der Waals surface area contributed by atoms with Gasteiger partial charge in [-0.2, -0.15) is 4.98 Å². The molecule has 0 bridgehead atoms. The number of aromatic nitrogens is 3. The number of nitrogens with one attached hydrogen (secondary N) is 1. The molecule has 3 rings (SSSR count). The van der Waals surface area contributed by atoms with Crippen molar-refractivity contribution in [2.75, 3.05) is 0 Å². The number of hydrogen-bond donors (Lipinski definition) is 1. The summed E-state index contributed by atoms with van der Waals surface area (Å²) in [4.78, 5) is 8.54. The lowest BCUT2D eigenvalue weighted by atomic mass is 9.95. The Morgan fingerprint density at radius 2 is 1.92 bits per heavy atom. The quantitative estimate of drug-likeness (QED) is 0.701. The van der Waals surface area contributed by atoms with Crippen molar-refractivity contribution in [2.45, 2.75) is 39.8 Å². The molecule has 2 heterocycles. The lowest BCUT2D eigenvalue weighted by molar-refractivity contribution is 0.338. The van der Waals surface area contributed by atoms with Crippen LogP contribution in [0.15, 0.2) is 53.3 Å². The van der Waals surface area contributed by atoms with Crippen LogP contribution in [0.3, 0.4) is 0 Å². The molecular weight excluding hydrogens is 312 g/mol. The van der Waals surface area contributed by atoms with E-state index < -0.39 is 0 Å². The second kappa shape index (κ2) is 8.03. The normalized spacial score (nSPS) is 12.5. The van der Waals surface area contributed by atoms with Crippen LogP contribution in [-0.4, -0.2) is 15.1 Å². The van der Waals surface area contributed by atoms with Crippen LogP contribution in [0.25, 0.3) is 11.4 Å². The van der Waals surface area contributed by atoms with Crippen LogP contribution in [-0.2, 0) is 13.0 Å². The molecule has 0 radical (unpaired) electrons. The Labute approximate surface area is 148 Å². The maximum atomic E-state index is 5.37. The van der Waals surface area contributed by atoms with Crippen LogP contribution in [0.2, 0.25) is 0 Å². The predicted molar refractivity (Wildman–Crippen MR) is 97.8 cm³/mol. The standard InChI is InChI=1S/C20H24N4O/c1-4-15-7-9-16(10-8-15)19(14(2)3)22-13-18-23-20(24-25-18)17-6-5-11-21-12-17/h5-12,14,19,22H,4,13H2,1-3H3. The largest absolute Gasteiger partial charge is 0.338 e. The fourth-order valence-corrected chi connectivity index (χ4v) is 2.84. The summed E-state index contributed by atoms with van der Waals surface area (Å²) in [6.07, 6.45) is 4.51. The van der Waals surface area contributed by atoms with Crippen molar-refractivity contribution in [3.05, 3.63) is 65.8 Å². The monoisotopic (exact) mass is 336 g/mol. The molecule has 0 aliphatic heterocycles. The van der Waals surface area contributed by atoms with Gasteiger partial charge in [-0.25, -0.2) is 0 Å². The number of nitrogens with zero attached hydrogens (tertiary/aromatic N) is 3. The first-order chi connectivity index (χ1) is 12.2. The molecule has 2 aromatic heterocycles. The van der Waals surface area contributed by atoms with Crippen LogP contribution in [0, 0.1) is 5.92 Å². The van der Waals surface area contributed by atoms with Crippen molar-refractivity contribution in [1.29, 1.82) is 0 Å². The molecule has 0 saturated heterocycles. The van der Waals surface area contributed by atoms with E-state index in [0.29, 0.717) is 24.2 Å². The molecule has 0 spiro atoms. The third kappa shape index (κ3) is 4.31. The Kier molecular flexibility index (Phi) is 5.56. The lowest BCUT2D eigenvalue weighted by Gasteiger charge is -2.22. The molecule has 3 aromatic rings. The van der Waals surface area contributed by atoms with E-state index in [-0.39, 0.29) is 6.04 Å². The topological polar surface area (TPSA) is 63.8 Å². The highest BCUT2D eigenvalue weighted by Gasteiger charge is 2.17.